The predicted molar refractivity (Wildman–Crippen MR) is 78.6 cm³/mol. The molecule has 9 heteroatoms. The van der Waals surface area contributed by atoms with Gasteiger partial charge in [-0.1, -0.05) is 0 Å². The second-order valence-electron chi connectivity index (χ2n) is 5.77. The molecule has 1 aliphatic rings. The SMILES string of the molecule is CN(C)C1CCCN(c2ccc(F)cc2S(=O)(=O)C(F)(F)F)C1. The van der Waals surface area contributed by atoms with Crippen LogP contribution < -0.4 is 4.90 Å². The third kappa shape index (κ3) is 3.60. The van der Waals surface area contributed by atoms with E-state index in [9.17, 15) is 26.0 Å². The second kappa shape index (κ2) is 6.27. The first-order valence-electron chi connectivity index (χ1n) is 7.06. The Bertz CT molecular complexity index is 674. The molecule has 2 rings (SSSR count). The topological polar surface area (TPSA) is 40.6 Å². The monoisotopic (exact) mass is 354 g/mol. The van der Waals surface area contributed by atoms with Crippen LogP contribution in [-0.2, 0) is 9.84 Å². The first kappa shape index (κ1) is 18.0. The predicted octanol–water partition coefficient (Wildman–Crippen LogP) is 2.65. The smallest absolute Gasteiger partial charge is 0.369 e. The molecular weight excluding hydrogens is 336 g/mol. The molecule has 0 aliphatic carbocycles. The minimum absolute atomic E-state index is 0.0928. The Morgan fingerprint density at radius 3 is 2.48 bits per heavy atom. The quantitative estimate of drug-likeness (QED) is 0.783. The van der Waals surface area contributed by atoms with Crippen LogP contribution in [0.1, 0.15) is 12.8 Å². The number of sulfone groups is 1. The summed E-state index contributed by atoms with van der Waals surface area (Å²) in [4.78, 5) is 2.49. The van der Waals surface area contributed by atoms with Gasteiger partial charge in [-0.25, -0.2) is 12.8 Å². The van der Waals surface area contributed by atoms with Gasteiger partial charge in [0.2, 0.25) is 0 Å². The van der Waals surface area contributed by atoms with Crippen molar-refractivity contribution in [2.75, 3.05) is 32.1 Å². The maximum absolute atomic E-state index is 13.4. The largest absolute Gasteiger partial charge is 0.501 e. The number of piperidine rings is 1. The lowest BCUT2D eigenvalue weighted by Gasteiger charge is -2.38. The van der Waals surface area contributed by atoms with Crippen molar-refractivity contribution in [1.29, 1.82) is 0 Å². The maximum atomic E-state index is 13.4. The lowest BCUT2D eigenvalue weighted by Crippen LogP contribution is -2.45. The van der Waals surface area contributed by atoms with Crippen LogP contribution in [0, 0.1) is 5.82 Å². The van der Waals surface area contributed by atoms with E-state index >= 15 is 0 Å². The molecule has 1 fully saturated rings. The summed E-state index contributed by atoms with van der Waals surface area (Å²) in [6.45, 7) is 0.815. The minimum atomic E-state index is -5.61. The molecular formula is C14H18F4N2O2S. The Balaban J connectivity index is 2.48. The highest BCUT2D eigenvalue weighted by Crippen LogP contribution is 2.37. The number of rotatable bonds is 3. The summed E-state index contributed by atoms with van der Waals surface area (Å²) in [6, 6.07) is 2.61. The Morgan fingerprint density at radius 1 is 1.26 bits per heavy atom. The number of halogens is 4. The van der Waals surface area contributed by atoms with E-state index < -0.39 is 26.1 Å². The summed E-state index contributed by atoms with van der Waals surface area (Å²) in [5.74, 6) is -1.02. The molecule has 4 nitrogen and oxygen atoms in total. The van der Waals surface area contributed by atoms with E-state index in [1.165, 1.54) is 0 Å². The first-order valence-corrected chi connectivity index (χ1v) is 8.54. The van der Waals surface area contributed by atoms with Crippen molar-refractivity contribution < 1.29 is 26.0 Å². The molecule has 1 aromatic carbocycles. The molecule has 1 saturated heterocycles. The van der Waals surface area contributed by atoms with Gasteiger partial charge in [0.25, 0.3) is 9.84 Å². The first-order chi connectivity index (χ1) is 10.5. The van der Waals surface area contributed by atoms with Gasteiger partial charge in [0.05, 0.1) is 5.69 Å². The van der Waals surface area contributed by atoms with Crippen LogP contribution in [0.2, 0.25) is 0 Å². The molecule has 0 amide bonds. The van der Waals surface area contributed by atoms with Gasteiger partial charge >= 0.3 is 5.51 Å². The Hall–Kier alpha value is -1.35. The Morgan fingerprint density at radius 2 is 1.91 bits per heavy atom. The lowest BCUT2D eigenvalue weighted by molar-refractivity contribution is -0.0435. The summed E-state index contributed by atoms with van der Waals surface area (Å²) >= 11 is 0. The van der Waals surface area contributed by atoms with Crippen molar-refractivity contribution in [2.24, 2.45) is 0 Å². The van der Waals surface area contributed by atoms with E-state index in [4.69, 9.17) is 0 Å². The van der Waals surface area contributed by atoms with Gasteiger partial charge in [-0.3, -0.25) is 0 Å². The van der Waals surface area contributed by atoms with Gasteiger partial charge in [-0.15, -0.1) is 0 Å². The van der Waals surface area contributed by atoms with Crippen LogP contribution >= 0.6 is 0 Å². The van der Waals surface area contributed by atoms with Crippen molar-refractivity contribution in [3.8, 4) is 0 Å². The standard InChI is InChI=1S/C14H18F4N2O2S/c1-19(2)11-4-3-7-20(9-11)12-6-5-10(15)8-13(12)23(21,22)14(16,17)18/h5-6,8,11H,3-4,7,9H2,1-2H3. The summed E-state index contributed by atoms with van der Waals surface area (Å²) < 4.78 is 75.5. The van der Waals surface area contributed by atoms with Crippen LogP contribution in [0.5, 0.6) is 0 Å². The van der Waals surface area contributed by atoms with Gasteiger partial charge in [0.15, 0.2) is 0 Å². The molecule has 0 aromatic heterocycles. The lowest BCUT2D eigenvalue weighted by atomic mass is 10.0. The van der Waals surface area contributed by atoms with E-state index in [-0.39, 0.29) is 11.7 Å². The molecule has 1 aromatic rings. The van der Waals surface area contributed by atoms with Crippen molar-refractivity contribution >= 4 is 15.5 Å². The fraction of sp³-hybridized carbons (Fsp3) is 0.571. The van der Waals surface area contributed by atoms with Crippen LogP contribution in [0.15, 0.2) is 23.1 Å². The third-order valence-electron chi connectivity index (χ3n) is 3.98. The van der Waals surface area contributed by atoms with E-state index in [0.717, 1.165) is 18.6 Å². The number of likely N-dealkylation sites (N-methyl/N-ethyl adjacent to an activating group) is 1. The summed E-state index contributed by atoms with van der Waals surface area (Å²) in [6.07, 6.45) is 1.58. The fourth-order valence-corrected chi connectivity index (χ4v) is 3.67. The third-order valence-corrected chi connectivity index (χ3v) is 5.50. The van der Waals surface area contributed by atoms with Crippen molar-refractivity contribution in [3.05, 3.63) is 24.0 Å². The van der Waals surface area contributed by atoms with Crippen LogP contribution in [0.4, 0.5) is 23.2 Å². The number of anilines is 1. The van der Waals surface area contributed by atoms with Gasteiger partial charge in [0, 0.05) is 19.1 Å². The van der Waals surface area contributed by atoms with Crippen LogP contribution in [0.3, 0.4) is 0 Å². The maximum Gasteiger partial charge on any atom is 0.501 e. The van der Waals surface area contributed by atoms with E-state index in [1.807, 2.05) is 19.0 Å². The summed E-state index contributed by atoms with van der Waals surface area (Å²) in [5, 5.41) is 0. The number of hydrogen-bond donors (Lipinski definition) is 0. The van der Waals surface area contributed by atoms with Gasteiger partial charge < -0.3 is 9.80 Å². The summed E-state index contributed by atoms with van der Waals surface area (Å²) in [5.41, 5.74) is -5.57. The highest BCUT2D eigenvalue weighted by molar-refractivity contribution is 7.92. The molecule has 1 aliphatic heterocycles. The van der Waals surface area contributed by atoms with Gasteiger partial charge in [-0.2, -0.15) is 13.2 Å². The minimum Gasteiger partial charge on any atom is -0.369 e. The second-order valence-corrected chi connectivity index (χ2v) is 7.68. The number of nitrogens with zero attached hydrogens (tertiary/aromatic N) is 2. The zero-order valence-corrected chi connectivity index (χ0v) is 13.6. The molecule has 1 heterocycles. The fourth-order valence-electron chi connectivity index (χ4n) is 2.68. The molecule has 0 bridgehead atoms. The molecule has 0 radical (unpaired) electrons. The zero-order chi connectivity index (χ0) is 17.4. The Labute approximate surface area is 132 Å². The van der Waals surface area contributed by atoms with E-state index in [1.54, 1.807) is 4.90 Å². The van der Waals surface area contributed by atoms with Gasteiger partial charge in [0.1, 0.15) is 10.7 Å². The van der Waals surface area contributed by atoms with E-state index in [2.05, 4.69) is 0 Å². The number of hydrogen-bond acceptors (Lipinski definition) is 4. The number of benzene rings is 1. The summed E-state index contributed by atoms with van der Waals surface area (Å²) in [7, 11) is -1.91. The average Bonchev–Trinajstić information content (AvgIpc) is 2.46. The van der Waals surface area contributed by atoms with Crippen molar-refractivity contribution in [2.45, 2.75) is 29.3 Å². The van der Waals surface area contributed by atoms with Crippen molar-refractivity contribution in [3.63, 3.8) is 0 Å². The average molecular weight is 354 g/mol. The van der Waals surface area contributed by atoms with Crippen LogP contribution in [0.25, 0.3) is 0 Å². The van der Waals surface area contributed by atoms with Crippen molar-refractivity contribution in [1.82, 2.24) is 4.90 Å². The molecule has 0 spiro atoms. The molecule has 23 heavy (non-hydrogen) atoms. The van der Waals surface area contributed by atoms with Gasteiger partial charge in [-0.05, 0) is 45.1 Å². The molecule has 1 unspecified atom stereocenters. The van der Waals surface area contributed by atoms with E-state index in [0.29, 0.717) is 25.6 Å². The highest BCUT2D eigenvalue weighted by atomic mass is 32.2. The zero-order valence-electron chi connectivity index (χ0n) is 12.8. The molecule has 0 N–H and O–H groups in total. The van der Waals surface area contributed by atoms with Crippen LogP contribution in [-0.4, -0.2) is 52.1 Å². The number of alkyl halides is 3. The Kier molecular flexibility index (Phi) is 4.91. The molecule has 130 valence electrons. The normalized spacial score (nSPS) is 20.1. The molecule has 1 atom stereocenters. The molecule has 0 saturated carbocycles. The highest BCUT2D eigenvalue weighted by Gasteiger charge is 2.48.